The number of aromatic nitrogens is 2. The van der Waals surface area contributed by atoms with Gasteiger partial charge in [-0.1, -0.05) is 12.1 Å². The molecule has 3 aromatic rings. The summed E-state index contributed by atoms with van der Waals surface area (Å²) in [6, 6.07) is 11.3. The predicted octanol–water partition coefficient (Wildman–Crippen LogP) is 1.32. The van der Waals surface area contributed by atoms with Gasteiger partial charge in [0.2, 0.25) is 0 Å². The zero-order chi connectivity index (χ0) is 19.6. The van der Waals surface area contributed by atoms with E-state index in [1.54, 1.807) is 43.3 Å². The lowest BCUT2D eigenvalue weighted by molar-refractivity contribution is 0.0964. The predicted molar refractivity (Wildman–Crippen MR) is 102 cm³/mol. The normalized spacial score (nSPS) is 10.6. The monoisotopic (exact) mass is 366 g/mol. The van der Waals surface area contributed by atoms with Crippen molar-refractivity contribution < 1.29 is 9.59 Å². The molecule has 1 heterocycles. The van der Waals surface area contributed by atoms with Crippen molar-refractivity contribution in [2.75, 3.05) is 12.4 Å². The summed E-state index contributed by atoms with van der Waals surface area (Å²) in [7, 11) is 1.51. The van der Waals surface area contributed by atoms with Gasteiger partial charge in [-0.25, -0.2) is 0 Å². The first-order valence-electron chi connectivity index (χ1n) is 8.35. The highest BCUT2D eigenvalue weighted by Crippen LogP contribution is 2.18. The highest BCUT2D eigenvalue weighted by Gasteiger charge is 2.14. The van der Waals surface area contributed by atoms with Crippen LogP contribution in [0.15, 0.2) is 52.1 Å². The number of carbonyl (C=O) groups excluding carboxylic acids is 2. The topological polar surface area (TPSA) is 113 Å². The maximum absolute atomic E-state index is 12.6. The molecule has 0 unspecified atom stereocenters. The van der Waals surface area contributed by atoms with Gasteiger partial charge < -0.3 is 20.2 Å². The van der Waals surface area contributed by atoms with Crippen molar-refractivity contribution in [3.8, 4) is 0 Å². The van der Waals surface area contributed by atoms with Gasteiger partial charge in [0, 0.05) is 19.2 Å². The number of carbonyl (C=O) groups is 2. The second kappa shape index (κ2) is 7.28. The molecule has 0 aliphatic heterocycles. The second-order valence-corrected chi connectivity index (χ2v) is 5.81. The van der Waals surface area contributed by atoms with Crippen LogP contribution in [-0.2, 0) is 6.54 Å². The third-order valence-electron chi connectivity index (χ3n) is 4.20. The molecule has 0 fully saturated rings. The van der Waals surface area contributed by atoms with Gasteiger partial charge in [-0.05, 0) is 37.3 Å². The highest BCUT2D eigenvalue weighted by molar-refractivity contribution is 6.09. The minimum absolute atomic E-state index is 0.283. The number of hydrogen-bond donors (Lipinski definition) is 3. The van der Waals surface area contributed by atoms with Crippen LogP contribution >= 0.6 is 0 Å². The molecule has 0 bridgehead atoms. The van der Waals surface area contributed by atoms with Crippen LogP contribution in [0.4, 0.5) is 5.69 Å². The highest BCUT2D eigenvalue weighted by atomic mass is 16.2. The third-order valence-corrected chi connectivity index (χ3v) is 4.20. The lowest BCUT2D eigenvalue weighted by atomic mass is 10.1. The molecule has 0 atom stereocenters. The van der Waals surface area contributed by atoms with Crippen LogP contribution in [-0.4, -0.2) is 28.4 Å². The minimum atomic E-state index is -0.744. The number of para-hydroxylation sites is 1. The lowest BCUT2D eigenvalue weighted by Gasteiger charge is -2.11. The number of nitrogens with one attached hydrogen (secondary N) is 3. The molecule has 0 aliphatic rings. The number of benzene rings is 2. The van der Waals surface area contributed by atoms with Gasteiger partial charge in [0.25, 0.3) is 11.8 Å². The van der Waals surface area contributed by atoms with Crippen LogP contribution in [0.3, 0.4) is 0 Å². The molecule has 2 amide bonds. The summed E-state index contributed by atoms with van der Waals surface area (Å²) in [6.45, 7) is 2.10. The Morgan fingerprint density at radius 1 is 1.07 bits per heavy atom. The molecule has 27 heavy (non-hydrogen) atoms. The molecule has 0 saturated carbocycles. The Morgan fingerprint density at radius 2 is 1.81 bits per heavy atom. The van der Waals surface area contributed by atoms with E-state index in [4.69, 9.17) is 0 Å². The number of aryl methyl sites for hydroxylation is 1. The number of amides is 2. The second-order valence-electron chi connectivity index (χ2n) is 5.81. The zero-order valence-corrected chi connectivity index (χ0v) is 14.8. The molecule has 8 heteroatoms. The summed E-state index contributed by atoms with van der Waals surface area (Å²) in [6.07, 6.45) is 0. The molecule has 0 radical (unpaired) electrons. The summed E-state index contributed by atoms with van der Waals surface area (Å²) in [5.74, 6) is -0.760. The van der Waals surface area contributed by atoms with Gasteiger partial charge >= 0.3 is 11.1 Å². The number of anilines is 1. The van der Waals surface area contributed by atoms with Crippen molar-refractivity contribution in [3.05, 3.63) is 74.3 Å². The molecular formula is C19H18N4O4. The summed E-state index contributed by atoms with van der Waals surface area (Å²) in [4.78, 5) is 50.8. The number of fused-ring (bicyclic) bond motifs is 1. The Balaban J connectivity index is 2.01. The van der Waals surface area contributed by atoms with E-state index in [9.17, 15) is 19.2 Å². The summed E-state index contributed by atoms with van der Waals surface area (Å²) in [5.41, 5.74) is 0.522. The van der Waals surface area contributed by atoms with Gasteiger partial charge in [0.15, 0.2) is 0 Å². The molecule has 138 valence electrons. The van der Waals surface area contributed by atoms with Crippen molar-refractivity contribution in [1.82, 2.24) is 14.9 Å². The number of H-pyrrole nitrogens is 1. The first-order chi connectivity index (χ1) is 13.0. The Labute approximate surface area is 153 Å². The fourth-order valence-electron chi connectivity index (χ4n) is 2.85. The third kappa shape index (κ3) is 3.37. The molecule has 0 aliphatic carbocycles. The quantitative estimate of drug-likeness (QED) is 0.604. The van der Waals surface area contributed by atoms with Crippen LogP contribution in [0, 0.1) is 0 Å². The van der Waals surface area contributed by atoms with E-state index in [1.165, 1.54) is 17.7 Å². The van der Waals surface area contributed by atoms with Gasteiger partial charge in [-0.3, -0.25) is 19.2 Å². The van der Waals surface area contributed by atoms with Crippen molar-refractivity contribution in [3.63, 3.8) is 0 Å². The van der Waals surface area contributed by atoms with E-state index in [1.807, 2.05) is 0 Å². The van der Waals surface area contributed by atoms with E-state index < -0.39 is 17.0 Å². The summed E-state index contributed by atoms with van der Waals surface area (Å²) < 4.78 is 1.34. The number of aromatic amines is 1. The standard InChI is InChI=1S/C19H18N4O4/c1-3-23-15-9-8-11(10-14(15)22-18(26)19(23)27)16(24)21-13-7-5-4-6-12(13)17(25)20-2/h4-10H,3H2,1-2H3,(H,20,25)(H,21,24)(H,22,26). The van der Waals surface area contributed by atoms with Crippen molar-refractivity contribution >= 4 is 28.5 Å². The first kappa shape index (κ1) is 18.1. The van der Waals surface area contributed by atoms with Gasteiger partial charge in [-0.2, -0.15) is 0 Å². The zero-order valence-electron chi connectivity index (χ0n) is 14.8. The van der Waals surface area contributed by atoms with E-state index in [2.05, 4.69) is 15.6 Å². The van der Waals surface area contributed by atoms with Crippen molar-refractivity contribution in [1.29, 1.82) is 0 Å². The van der Waals surface area contributed by atoms with Crippen LogP contribution in [0.2, 0.25) is 0 Å². The van der Waals surface area contributed by atoms with Crippen LogP contribution in [0.1, 0.15) is 27.6 Å². The molecule has 0 spiro atoms. The van der Waals surface area contributed by atoms with E-state index in [-0.39, 0.29) is 11.5 Å². The Hall–Kier alpha value is -3.68. The van der Waals surface area contributed by atoms with E-state index in [0.717, 1.165) is 0 Å². The average molecular weight is 366 g/mol. The molecule has 8 nitrogen and oxygen atoms in total. The van der Waals surface area contributed by atoms with Crippen molar-refractivity contribution in [2.24, 2.45) is 0 Å². The largest absolute Gasteiger partial charge is 0.355 e. The van der Waals surface area contributed by atoms with E-state index in [0.29, 0.717) is 28.8 Å². The maximum atomic E-state index is 12.6. The minimum Gasteiger partial charge on any atom is -0.355 e. The summed E-state index contributed by atoms with van der Waals surface area (Å²) >= 11 is 0. The van der Waals surface area contributed by atoms with Crippen LogP contribution in [0.25, 0.3) is 11.0 Å². The Bertz CT molecular complexity index is 1160. The Kier molecular flexibility index (Phi) is 4.89. The molecule has 2 aromatic carbocycles. The van der Waals surface area contributed by atoms with Crippen LogP contribution < -0.4 is 21.8 Å². The molecule has 3 N–H and O–H groups in total. The molecule has 0 saturated heterocycles. The van der Waals surface area contributed by atoms with Crippen molar-refractivity contribution in [2.45, 2.75) is 13.5 Å². The van der Waals surface area contributed by atoms with Gasteiger partial charge in [-0.15, -0.1) is 0 Å². The van der Waals surface area contributed by atoms with Gasteiger partial charge in [0.1, 0.15) is 0 Å². The molecular weight excluding hydrogens is 348 g/mol. The average Bonchev–Trinajstić information content (AvgIpc) is 2.68. The molecule has 3 rings (SSSR count). The number of rotatable bonds is 4. The fraction of sp³-hybridized carbons (Fsp3) is 0.158. The van der Waals surface area contributed by atoms with E-state index >= 15 is 0 Å². The SMILES string of the molecule is CCn1c(=O)c(=O)[nH]c2cc(C(=O)Nc3ccccc3C(=O)NC)ccc21. The lowest BCUT2D eigenvalue weighted by Crippen LogP contribution is -2.36. The number of nitrogens with zero attached hydrogens (tertiary/aromatic N) is 1. The first-order valence-corrected chi connectivity index (χ1v) is 8.35. The maximum Gasteiger partial charge on any atom is 0.316 e. The van der Waals surface area contributed by atoms with Gasteiger partial charge in [0.05, 0.1) is 22.3 Å². The smallest absolute Gasteiger partial charge is 0.316 e. The molecule has 1 aromatic heterocycles. The summed E-state index contributed by atoms with van der Waals surface area (Å²) in [5, 5.41) is 5.22. The van der Waals surface area contributed by atoms with Crippen LogP contribution in [0.5, 0.6) is 0 Å². The Morgan fingerprint density at radius 3 is 2.52 bits per heavy atom. The fourth-order valence-corrected chi connectivity index (χ4v) is 2.85. The number of hydrogen-bond acceptors (Lipinski definition) is 4.